The molecule has 21 heavy (non-hydrogen) atoms. The molecule has 6 heteroatoms. The summed E-state index contributed by atoms with van der Waals surface area (Å²) in [6.45, 7) is 0.433. The monoisotopic (exact) mass is 359 g/mol. The summed E-state index contributed by atoms with van der Waals surface area (Å²) < 4.78 is 43.4. The number of rotatable bonds is 4. The van der Waals surface area contributed by atoms with E-state index in [2.05, 4.69) is 21.2 Å². The lowest BCUT2D eigenvalue weighted by Gasteiger charge is -2.11. The molecule has 0 bridgehead atoms. The maximum absolute atomic E-state index is 12.5. The zero-order valence-corrected chi connectivity index (χ0v) is 12.8. The van der Waals surface area contributed by atoms with Crippen molar-refractivity contribution in [2.45, 2.75) is 12.7 Å². The van der Waals surface area contributed by atoms with E-state index in [0.717, 1.165) is 27.9 Å². The fourth-order valence-electron chi connectivity index (χ4n) is 1.79. The highest BCUT2D eigenvalue weighted by Gasteiger charge is 2.29. The first kappa shape index (κ1) is 15.7. The lowest BCUT2D eigenvalue weighted by molar-refractivity contribution is -0.137. The van der Waals surface area contributed by atoms with E-state index in [-0.39, 0.29) is 0 Å². The first-order valence-electron chi connectivity index (χ1n) is 6.13. The van der Waals surface area contributed by atoms with E-state index in [0.29, 0.717) is 12.3 Å². The van der Waals surface area contributed by atoms with E-state index < -0.39 is 11.7 Å². The molecule has 0 atom stereocenters. The van der Waals surface area contributed by atoms with Gasteiger partial charge in [0.25, 0.3) is 0 Å². The van der Waals surface area contributed by atoms with Gasteiger partial charge in [0.15, 0.2) is 0 Å². The van der Waals surface area contributed by atoms with Crippen molar-refractivity contribution in [2.75, 3.05) is 12.4 Å². The molecule has 0 saturated heterocycles. The smallest absolute Gasteiger partial charge is 0.416 e. The third kappa shape index (κ3) is 4.14. The molecule has 0 amide bonds. The van der Waals surface area contributed by atoms with Crippen LogP contribution < -0.4 is 10.1 Å². The zero-order chi connectivity index (χ0) is 15.5. The summed E-state index contributed by atoms with van der Waals surface area (Å²) in [6.07, 6.45) is -4.30. The molecule has 112 valence electrons. The first-order valence-corrected chi connectivity index (χ1v) is 6.93. The molecule has 0 aliphatic carbocycles. The Morgan fingerprint density at radius 3 is 2.33 bits per heavy atom. The molecule has 0 spiro atoms. The molecule has 0 unspecified atom stereocenters. The lowest BCUT2D eigenvalue weighted by Crippen LogP contribution is -2.05. The van der Waals surface area contributed by atoms with Gasteiger partial charge in [0, 0.05) is 18.3 Å². The maximum atomic E-state index is 12.5. The Kier molecular flexibility index (Phi) is 4.77. The van der Waals surface area contributed by atoms with Crippen molar-refractivity contribution in [1.82, 2.24) is 0 Å². The summed E-state index contributed by atoms with van der Waals surface area (Å²) in [4.78, 5) is 0. The number of benzene rings is 2. The molecule has 0 radical (unpaired) electrons. The Labute approximate surface area is 129 Å². The van der Waals surface area contributed by atoms with Gasteiger partial charge >= 0.3 is 6.18 Å². The third-order valence-electron chi connectivity index (χ3n) is 2.93. The first-order chi connectivity index (χ1) is 9.90. The van der Waals surface area contributed by atoms with E-state index in [4.69, 9.17) is 4.74 Å². The van der Waals surface area contributed by atoms with Crippen LogP contribution in [0, 0.1) is 0 Å². The number of methoxy groups -OCH3 is 1. The minimum Gasteiger partial charge on any atom is -0.495 e. The number of hydrogen-bond acceptors (Lipinski definition) is 2. The molecule has 0 saturated carbocycles. The molecule has 0 heterocycles. The summed E-state index contributed by atoms with van der Waals surface area (Å²) in [7, 11) is 1.57. The Hall–Kier alpha value is -1.69. The second-order valence-electron chi connectivity index (χ2n) is 4.40. The standard InChI is InChI=1S/C15H13BrF3NO/c1-21-14-8-12(6-7-13(14)16)20-9-10-2-4-11(5-3-10)15(17,18)19/h2-8,20H,9H2,1H3. The Morgan fingerprint density at radius 1 is 1.10 bits per heavy atom. The highest BCUT2D eigenvalue weighted by atomic mass is 79.9. The largest absolute Gasteiger partial charge is 0.495 e. The molecule has 2 nitrogen and oxygen atoms in total. The Morgan fingerprint density at radius 2 is 1.76 bits per heavy atom. The number of anilines is 1. The fourth-order valence-corrected chi connectivity index (χ4v) is 2.19. The highest BCUT2D eigenvalue weighted by Crippen LogP contribution is 2.30. The minimum absolute atomic E-state index is 0.433. The molecule has 0 aliphatic heterocycles. The van der Waals surface area contributed by atoms with Crippen molar-refractivity contribution in [3.05, 3.63) is 58.1 Å². The van der Waals surface area contributed by atoms with Crippen molar-refractivity contribution >= 4 is 21.6 Å². The van der Waals surface area contributed by atoms with Crippen LogP contribution in [0.25, 0.3) is 0 Å². The van der Waals surface area contributed by atoms with Gasteiger partial charge in [-0.1, -0.05) is 12.1 Å². The number of hydrogen-bond donors (Lipinski definition) is 1. The van der Waals surface area contributed by atoms with Crippen LogP contribution in [-0.4, -0.2) is 7.11 Å². The van der Waals surface area contributed by atoms with Crippen molar-refractivity contribution in [3.63, 3.8) is 0 Å². The molecule has 0 aromatic heterocycles. The summed E-state index contributed by atoms with van der Waals surface area (Å²) in [5, 5.41) is 3.14. The number of ether oxygens (including phenoxy) is 1. The van der Waals surface area contributed by atoms with Crippen LogP contribution in [0.2, 0.25) is 0 Å². The average molecular weight is 360 g/mol. The summed E-state index contributed by atoms with van der Waals surface area (Å²) in [5.74, 6) is 0.687. The summed E-state index contributed by atoms with van der Waals surface area (Å²) in [5.41, 5.74) is 0.955. The van der Waals surface area contributed by atoms with Crippen molar-refractivity contribution in [3.8, 4) is 5.75 Å². The maximum Gasteiger partial charge on any atom is 0.416 e. The number of alkyl halides is 3. The van der Waals surface area contributed by atoms with E-state index in [9.17, 15) is 13.2 Å². The van der Waals surface area contributed by atoms with Gasteiger partial charge < -0.3 is 10.1 Å². The van der Waals surface area contributed by atoms with Gasteiger partial charge in [0.1, 0.15) is 5.75 Å². The van der Waals surface area contributed by atoms with Crippen LogP contribution >= 0.6 is 15.9 Å². The van der Waals surface area contributed by atoms with Crippen LogP contribution in [-0.2, 0) is 12.7 Å². The van der Waals surface area contributed by atoms with Gasteiger partial charge in [-0.25, -0.2) is 0 Å². The predicted molar refractivity (Wildman–Crippen MR) is 79.5 cm³/mol. The Bertz CT molecular complexity index is 611. The molecule has 2 rings (SSSR count). The van der Waals surface area contributed by atoms with E-state index in [1.807, 2.05) is 18.2 Å². The predicted octanol–water partition coefficient (Wildman–Crippen LogP) is 5.09. The average Bonchev–Trinajstić information content (AvgIpc) is 2.46. The van der Waals surface area contributed by atoms with Crippen LogP contribution in [0.5, 0.6) is 5.75 Å². The van der Waals surface area contributed by atoms with E-state index in [1.54, 1.807) is 7.11 Å². The second kappa shape index (κ2) is 6.39. The van der Waals surface area contributed by atoms with Crippen LogP contribution in [0.1, 0.15) is 11.1 Å². The minimum atomic E-state index is -4.30. The van der Waals surface area contributed by atoms with Gasteiger partial charge in [-0.2, -0.15) is 13.2 Å². The summed E-state index contributed by atoms with van der Waals surface area (Å²) in [6, 6.07) is 10.6. The quantitative estimate of drug-likeness (QED) is 0.820. The van der Waals surface area contributed by atoms with Gasteiger partial charge in [-0.3, -0.25) is 0 Å². The van der Waals surface area contributed by atoms with Gasteiger partial charge in [0.2, 0.25) is 0 Å². The molecule has 1 N–H and O–H groups in total. The topological polar surface area (TPSA) is 21.3 Å². The third-order valence-corrected chi connectivity index (χ3v) is 3.58. The highest BCUT2D eigenvalue weighted by molar-refractivity contribution is 9.10. The van der Waals surface area contributed by atoms with Gasteiger partial charge in [0.05, 0.1) is 17.1 Å². The van der Waals surface area contributed by atoms with Crippen LogP contribution in [0.15, 0.2) is 46.9 Å². The molecular weight excluding hydrogens is 347 g/mol. The Balaban J connectivity index is 2.03. The number of nitrogens with one attached hydrogen (secondary N) is 1. The molecule has 0 fully saturated rings. The van der Waals surface area contributed by atoms with E-state index in [1.165, 1.54) is 12.1 Å². The molecule has 2 aromatic rings. The van der Waals surface area contributed by atoms with Gasteiger partial charge in [-0.15, -0.1) is 0 Å². The fraction of sp³-hybridized carbons (Fsp3) is 0.200. The van der Waals surface area contributed by atoms with Crippen LogP contribution in [0.4, 0.5) is 18.9 Å². The molecular formula is C15H13BrF3NO. The van der Waals surface area contributed by atoms with Gasteiger partial charge in [-0.05, 0) is 45.8 Å². The second-order valence-corrected chi connectivity index (χ2v) is 5.25. The molecule has 2 aromatic carbocycles. The van der Waals surface area contributed by atoms with Crippen molar-refractivity contribution in [2.24, 2.45) is 0 Å². The lowest BCUT2D eigenvalue weighted by atomic mass is 10.1. The molecule has 0 aliphatic rings. The SMILES string of the molecule is COc1cc(NCc2ccc(C(F)(F)F)cc2)ccc1Br. The number of halogens is 4. The normalized spacial score (nSPS) is 11.3. The zero-order valence-electron chi connectivity index (χ0n) is 11.2. The van der Waals surface area contributed by atoms with Crippen molar-refractivity contribution in [1.29, 1.82) is 0 Å². The van der Waals surface area contributed by atoms with Crippen molar-refractivity contribution < 1.29 is 17.9 Å². The summed E-state index contributed by atoms with van der Waals surface area (Å²) >= 11 is 3.35. The van der Waals surface area contributed by atoms with Crippen LogP contribution in [0.3, 0.4) is 0 Å². The van der Waals surface area contributed by atoms with E-state index >= 15 is 0 Å².